The number of aliphatic hydroxyl groups is 1. The van der Waals surface area contributed by atoms with Crippen molar-refractivity contribution in [1.29, 1.82) is 5.41 Å². The number of carbonyl (C=O) groups is 10. The number of para-hydroxylation sites is 2. The number of aromatic amines is 2. The molecule has 6 rings (SSSR count). The number of phenolic OH excluding ortho intramolecular Hbond substituents is 1. The van der Waals surface area contributed by atoms with E-state index in [1.54, 1.807) is 100 Å². The van der Waals surface area contributed by atoms with E-state index in [1.165, 1.54) is 12.1 Å². The zero-order valence-electron chi connectivity index (χ0n) is 50.8. The van der Waals surface area contributed by atoms with Gasteiger partial charge in [0.2, 0.25) is 47.3 Å². The van der Waals surface area contributed by atoms with Crippen LogP contribution in [0.15, 0.2) is 116 Å². The van der Waals surface area contributed by atoms with Gasteiger partial charge < -0.3 is 85.2 Å². The van der Waals surface area contributed by atoms with Gasteiger partial charge in [-0.05, 0) is 85.0 Å². The number of phenols is 1. The second-order valence-electron chi connectivity index (χ2n) is 22.4. The molecule has 0 unspecified atom stereocenters. The Morgan fingerprint density at radius 2 is 1.04 bits per heavy atom. The van der Waals surface area contributed by atoms with E-state index < -0.39 is 120 Å². The Morgan fingerprint density at radius 3 is 1.63 bits per heavy atom. The predicted molar refractivity (Wildman–Crippen MR) is 337 cm³/mol. The molecule has 0 aliphatic carbocycles. The molecule has 29 nitrogen and oxygen atoms in total. The van der Waals surface area contributed by atoms with Crippen LogP contribution >= 0.6 is 0 Å². The quantitative estimate of drug-likeness (QED) is 0.0103. The number of nitrogens with two attached hydrogens (primary N) is 3. The minimum Gasteiger partial charge on any atom is -0.508 e. The number of H-pyrrole nitrogens is 2. The van der Waals surface area contributed by atoms with Gasteiger partial charge >= 0.3 is 6.03 Å². The fraction of sp³-hybridized carbons (Fsp3) is 0.371. The van der Waals surface area contributed by atoms with Crippen molar-refractivity contribution < 1.29 is 58.2 Å². The van der Waals surface area contributed by atoms with E-state index in [2.05, 4.69) is 68.7 Å². The molecule has 11 amide bonds. The van der Waals surface area contributed by atoms with E-state index in [-0.39, 0.29) is 69.1 Å². The van der Waals surface area contributed by atoms with Gasteiger partial charge in [-0.15, -0.1) is 0 Å². The summed E-state index contributed by atoms with van der Waals surface area (Å²) in [5, 5.41) is 53.4. The summed E-state index contributed by atoms with van der Waals surface area (Å²) < 4.78 is 0. The Labute approximate surface area is 524 Å². The topological polar surface area (TPSA) is 477 Å². The molecule has 0 fully saturated rings. The number of hydrazine groups is 1. The van der Waals surface area contributed by atoms with E-state index in [9.17, 15) is 58.2 Å². The van der Waals surface area contributed by atoms with Crippen molar-refractivity contribution in [2.75, 3.05) is 13.6 Å². The number of urea groups is 1. The van der Waals surface area contributed by atoms with E-state index >= 15 is 0 Å². The van der Waals surface area contributed by atoms with Crippen LogP contribution in [0, 0.1) is 11.3 Å². The average molecular weight is 1260 g/mol. The highest BCUT2D eigenvalue weighted by molar-refractivity contribution is 5.99. The Balaban J connectivity index is 1.14. The summed E-state index contributed by atoms with van der Waals surface area (Å²) in [4.78, 5) is 144. The van der Waals surface area contributed by atoms with Gasteiger partial charge in [0.1, 0.15) is 48.0 Å². The number of aliphatic hydroxyl groups excluding tert-OH is 1. The number of amides is 11. The molecule has 0 spiro atoms. The number of carbonyl (C=O) groups excluding carboxylic acids is 10. The molecule has 4 aromatic carbocycles. The van der Waals surface area contributed by atoms with Crippen molar-refractivity contribution in [3.8, 4) is 5.75 Å². The van der Waals surface area contributed by atoms with Gasteiger partial charge in [-0.2, -0.15) is 0 Å². The lowest BCUT2D eigenvalue weighted by molar-refractivity contribution is -0.137. The highest BCUT2D eigenvalue weighted by Gasteiger charge is 2.36. The highest BCUT2D eigenvalue weighted by atomic mass is 16.3. The maximum absolute atomic E-state index is 14.3. The first-order chi connectivity index (χ1) is 43.4. The van der Waals surface area contributed by atoms with Crippen molar-refractivity contribution >= 4 is 87.0 Å². The number of aromatic hydroxyl groups is 1. The maximum Gasteiger partial charge on any atom is 0.334 e. The smallest absolute Gasteiger partial charge is 0.334 e. The molecule has 2 heterocycles. The normalized spacial score (nSPS) is 14.1. The van der Waals surface area contributed by atoms with Gasteiger partial charge in [-0.1, -0.05) is 92.7 Å². The summed E-state index contributed by atoms with van der Waals surface area (Å²) in [5.74, 6) is -8.74. The zero-order valence-corrected chi connectivity index (χ0v) is 50.8. The number of guanidine groups is 1. The van der Waals surface area contributed by atoms with Crippen LogP contribution in [0.2, 0.25) is 0 Å². The van der Waals surface area contributed by atoms with Crippen LogP contribution in [0.1, 0.15) is 68.7 Å². The third kappa shape index (κ3) is 21.3. The fourth-order valence-corrected chi connectivity index (χ4v) is 9.92. The van der Waals surface area contributed by atoms with Gasteiger partial charge in [0, 0.05) is 67.1 Å². The van der Waals surface area contributed by atoms with Crippen molar-refractivity contribution in [3.05, 3.63) is 138 Å². The van der Waals surface area contributed by atoms with Gasteiger partial charge in [-0.3, -0.25) is 54.0 Å². The molecule has 0 bridgehead atoms. The van der Waals surface area contributed by atoms with E-state index in [0.717, 1.165) is 23.3 Å². The summed E-state index contributed by atoms with van der Waals surface area (Å²) in [6.45, 7) is 4.91. The zero-order chi connectivity index (χ0) is 66.3. The number of benzene rings is 4. The van der Waals surface area contributed by atoms with Crippen LogP contribution in [0.4, 0.5) is 4.79 Å². The first-order valence-electron chi connectivity index (χ1n) is 29.5. The minimum atomic E-state index is -1.87. The average Bonchev–Trinajstić information content (AvgIpc) is 1.88. The Kier molecular flexibility index (Phi) is 25.8. The van der Waals surface area contributed by atoms with Crippen LogP contribution in [-0.4, -0.2) is 153 Å². The van der Waals surface area contributed by atoms with Gasteiger partial charge in [0.05, 0.1) is 18.6 Å². The number of rotatable bonds is 32. The van der Waals surface area contributed by atoms with E-state index in [0.29, 0.717) is 27.6 Å². The van der Waals surface area contributed by atoms with Crippen molar-refractivity contribution in [2.24, 2.45) is 23.1 Å². The Bertz CT molecular complexity index is 3520. The molecular weight excluding hydrogens is 1170 g/mol. The molecule has 2 aromatic heterocycles. The first-order valence-corrected chi connectivity index (χ1v) is 29.5. The van der Waals surface area contributed by atoms with Crippen molar-refractivity contribution in [2.45, 2.75) is 127 Å². The molecule has 91 heavy (non-hydrogen) atoms. The second-order valence-corrected chi connectivity index (χ2v) is 22.4. The maximum atomic E-state index is 14.3. The Morgan fingerprint density at radius 1 is 0.538 bits per heavy atom. The summed E-state index contributed by atoms with van der Waals surface area (Å²) in [5.41, 5.74) is 26.0. The first kappa shape index (κ1) is 69.5. The largest absolute Gasteiger partial charge is 0.508 e. The summed E-state index contributed by atoms with van der Waals surface area (Å²) in [7, 11) is 1.54. The molecule has 0 saturated carbocycles. The van der Waals surface area contributed by atoms with Crippen LogP contribution in [0.5, 0.6) is 5.75 Å². The molecular formula is C62H81N17O12. The van der Waals surface area contributed by atoms with Crippen molar-refractivity contribution in [1.82, 2.24) is 68.7 Å². The van der Waals surface area contributed by atoms with Crippen molar-refractivity contribution in [3.63, 3.8) is 0 Å². The van der Waals surface area contributed by atoms with E-state index in [1.807, 2.05) is 24.3 Å². The molecule has 6 aromatic rings. The molecule has 0 aliphatic rings. The lowest BCUT2D eigenvalue weighted by atomic mass is 10.0. The molecule has 9 atom stereocenters. The summed E-state index contributed by atoms with van der Waals surface area (Å²) >= 11 is 0. The lowest BCUT2D eigenvalue weighted by Gasteiger charge is -2.28. The van der Waals surface area contributed by atoms with E-state index in [4.69, 9.17) is 22.6 Å². The number of aromatic nitrogens is 2. The standard InChI is InChI=1S/C62H81N17O12/c1-33(2)25-47(56(86)71-45(19-12-24-68-61(66)67-4)55(85)72-46(53(65)83)28-37-31-69-43-17-10-8-15-40(37)43)76-62(91)79-78-59(89)48(27-35-13-6-5-7-14-35)75-60(90)52(34(3)80)77-58(88)50(30-51(64)82)74-57(87)49(29-38-32-70-44-18-11-9-16-41(38)44)73-54(84)42(63)26-36-20-22-39(81)23-21-36/h5-11,13-18,20-23,31-34,42,45-50,52,69-70,80-81H,12,19,24-30,63H2,1-4H3,(H2,64,82)(H2,65,83)(H,71,86)(H,72,85)(H,73,84)(H,74,87)(H,75,90)(H,77,88)(H,78,89)(H3,66,67,68)(H2,76,79,91)/t34-,42+,45+,46+,47+,48+,49+,50+,52+/m1/s1. The fourth-order valence-electron chi connectivity index (χ4n) is 9.92. The van der Waals surface area contributed by atoms with Gasteiger partial charge in [-0.25, -0.2) is 10.2 Å². The number of hydrogen-bond donors (Lipinski definition) is 19. The van der Waals surface area contributed by atoms with Crippen LogP contribution in [0.25, 0.3) is 21.8 Å². The second kappa shape index (κ2) is 33.7. The van der Waals surface area contributed by atoms with Gasteiger partial charge in [0.25, 0.3) is 5.91 Å². The van der Waals surface area contributed by atoms with Crippen LogP contribution < -0.4 is 75.9 Å². The molecule has 0 aliphatic heterocycles. The third-order valence-electron chi connectivity index (χ3n) is 14.7. The minimum absolute atomic E-state index is 0.00169. The molecule has 0 saturated heterocycles. The number of primary amides is 2. The number of fused-ring (bicyclic) bond motifs is 2. The Hall–Kier alpha value is -10.6. The third-order valence-corrected chi connectivity index (χ3v) is 14.7. The number of hydrogen-bond acceptors (Lipinski definition) is 14. The SMILES string of the molecule is CNC(=N)NCCC[C@H](NC(=O)[C@H](CC(C)C)NC(=O)NNC(=O)[C@H](Cc1ccccc1)NC(=O)[C@@H](NC(=O)[C@H](CC(N)=O)NC(=O)[C@H](Cc1c[nH]c2ccccc12)NC(=O)[C@@H](N)Cc1ccc(O)cc1)[C@@H](C)O)C(=O)N[C@@H](Cc1c[nH]c2ccccc12)C(N)=O. The molecule has 29 heteroatoms. The summed E-state index contributed by atoms with van der Waals surface area (Å²) in [6, 6.07) is 16.0. The van der Waals surface area contributed by atoms with Gasteiger partial charge in [0.15, 0.2) is 5.96 Å². The molecule has 486 valence electrons. The predicted octanol–water partition coefficient (Wildman–Crippen LogP) is -1.13. The summed E-state index contributed by atoms with van der Waals surface area (Å²) in [6.07, 6.45) is 0.752. The highest BCUT2D eigenvalue weighted by Crippen LogP contribution is 2.22. The van der Waals surface area contributed by atoms with Crippen LogP contribution in [0.3, 0.4) is 0 Å². The lowest BCUT2D eigenvalue weighted by Crippen LogP contribution is -2.62. The van der Waals surface area contributed by atoms with Crippen LogP contribution in [-0.2, 0) is 68.8 Å². The number of nitrogens with one attached hydrogen (secondary N) is 14. The molecule has 22 N–H and O–H groups in total. The molecule has 0 radical (unpaired) electrons. The monoisotopic (exact) mass is 1260 g/mol.